The fourth-order valence-electron chi connectivity index (χ4n) is 3.49. The Kier molecular flexibility index (Phi) is 4.16. The first kappa shape index (κ1) is 15.7. The van der Waals surface area contributed by atoms with Crippen LogP contribution in [0.2, 0.25) is 0 Å². The number of rotatable bonds is 5. The average Bonchev–Trinajstić information content (AvgIpc) is 3.09. The van der Waals surface area contributed by atoms with Crippen molar-refractivity contribution >= 4 is 11.0 Å². The summed E-state index contributed by atoms with van der Waals surface area (Å²) in [5.74, 6) is 0.778. The third-order valence-electron chi connectivity index (χ3n) is 4.99. The Morgan fingerprint density at radius 2 is 2.16 bits per heavy atom. The highest BCUT2D eigenvalue weighted by molar-refractivity contribution is 5.82. The van der Waals surface area contributed by atoms with E-state index in [1.165, 1.54) is 19.3 Å². The van der Waals surface area contributed by atoms with Gasteiger partial charge < -0.3 is 5.73 Å². The summed E-state index contributed by atoms with van der Waals surface area (Å²) in [6.45, 7) is 0.776. The van der Waals surface area contributed by atoms with Gasteiger partial charge in [0.05, 0.1) is 35.2 Å². The molecule has 4 rings (SSSR count). The van der Waals surface area contributed by atoms with Crippen LogP contribution in [0.15, 0.2) is 36.8 Å². The highest BCUT2D eigenvalue weighted by atomic mass is 15.3. The van der Waals surface area contributed by atoms with Crippen LogP contribution < -0.4 is 5.73 Å². The summed E-state index contributed by atoms with van der Waals surface area (Å²) in [6, 6.07) is 8.11. The minimum Gasteiger partial charge on any atom is -0.330 e. The van der Waals surface area contributed by atoms with E-state index in [0.29, 0.717) is 17.1 Å². The summed E-state index contributed by atoms with van der Waals surface area (Å²) >= 11 is 0. The maximum Gasteiger partial charge on any atom is 0.107 e. The van der Waals surface area contributed by atoms with Gasteiger partial charge in [0.25, 0.3) is 0 Å². The third-order valence-corrected chi connectivity index (χ3v) is 4.99. The van der Waals surface area contributed by atoms with Gasteiger partial charge in [-0.1, -0.05) is 6.07 Å². The summed E-state index contributed by atoms with van der Waals surface area (Å²) < 4.78 is 2.04. The number of hydrogen-bond donors (Lipinski definition) is 1. The average molecular weight is 332 g/mol. The molecule has 0 saturated heterocycles. The molecule has 0 amide bonds. The quantitative estimate of drug-likeness (QED) is 0.775. The van der Waals surface area contributed by atoms with Crippen LogP contribution in [0.1, 0.15) is 37.3 Å². The van der Waals surface area contributed by atoms with Crippen LogP contribution in [0.4, 0.5) is 0 Å². The molecular formula is C19H20N6. The molecule has 0 aliphatic heterocycles. The normalized spacial score (nSPS) is 19.5. The monoisotopic (exact) mass is 332 g/mol. The van der Waals surface area contributed by atoms with Crippen molar-refractivity contribution in [2.24, 2.45) is 11.7 Å². The SMILES string of the molecule is N#Cc1cccc2ncc(-c3cnn(C4CC(CCCN)C4)c3)nc12. The van der Waals surface area contributed by atoms with Gasteiger partial charge in [0.15, 0.2) is 0 Å². The Morgan fingerprint density at radius 1 is 1.28 bits per heavy atom. The first-order chi connectivity index (χ1) is 12.3. The van der Waals surface area contributed by atoms with Gasteiger partial charge in [-0.3, -0.25) is 9.67 Å². The lowest BCUT2D eigenvalue weighted by Crippen LogP contribution is -2.27. The standard InChI is InChI=1S/C19H20N6/c20-6-2-3-13-7-16(8-13)25-12-15(10-23-25)18-11-22-17-5-1-4-14(9-21)19(17)24-18/h1,4-5,10-13,16H,2-3,6-8,20H2. The molecule has 3 aromatic rings. The van der Waals surface area contributed by atoms with Crippen LogP contribution in [0.25, 0.3) is 22.3 Å². The van der Waals surface area contributed by atoms with Gasteiger partial charge in [0.1, 0.15) is 11.6 Å². The summed E-state index contributed by atoms with van der Waals surface area (Å²) in [5.41, 5.74) is 9.18. The van der Waals surface area contributed by atoms with E-state index in [1.54, 1.807) is 12.3 Å². The fourth-order valence-corrected chi connectivity index (χ4v) is 3.49. The lowest BCUT2D eigenvalue weighted by Gasteiger charge is -2.35. The number of aromatic nitrogens is 4. The van der Waals surface area contributed by atoms with Gasteiger partial charge in [0.2, 0.25) is 0 Å². The van der Waals surface area contributed by atoms with Crippen molar-refractivity contribution in [2.45, 2.75) is 31.7 Å². The second kappa shape index (κ2) is 6.61. The minimum absolute atomic E-state index is 0.472. The predicted octanol–water partition coefficient (Wildman–Crippen LogP) is 3.05. The number of nitriles is 1. The molecule has 2 heterocycles. The highest BCUT2D eigenvalue weighted by Gasteiger charge is 2.30. The zero-order valence-corrected chi connectivity index (χ0v) is 14.0. The number of fused-ring (bicyclic) bond motifs is 1. The van der Waals surface area contributed by atoms with Crippen molar-refractivity contribution in [1.82, 2.24) is 19.7 Å². The van der Waals surface area contributed by atoms with Crippen molar-refractivity contribution < 1.29 is 0 Å². The van der Waals surface area contributed by atoms with Crippen LogP contribution >= 0.6 is 0 Å². The summed E-state index contributed by atoms with van der Waals surface area (Å²) in [6.07, 6.45) is 10.3. The van der Waals surface area contributed by atoms with Crippen molar-refractivity contribution in [3.8, 4) is 17.3 Å². The lowest BCUT2D eigenvalue weighted by molar-refractivity contribution is 0.171. The number of hydrogen-bond acceptors (Lipinski definition) is 5. The van der Waals surface area contributed by atoms with E-state index in [-0.39, 0.29) is 0 Å². The molecule has 0 spiro atoms. The topological polar surface area (TPSA) is 93.4 Å². The zero-order chi connectivity index (χ0) is 17.2. The summed E-state index contributed by atoms with van der Waals surface area (Å²) in [5, 5.41) is 13.8. The van der Waals surface area contributed by atoms with Gasteiger partial charge in [-0.25, -0.2) is 4.98 Å². The smallest absolute Gasteiger partial charge is 0.107 e. The van der Waals surface area contributed by atoms with Crippen molar-refractivity contribution in [1.29, 1.82) is 5.26 Å². The van der Waals surface area contributed by atoms with Crippen molar-refractivity contribution in [2.75, 3.05) is 6.54 Å². The molecule has 1 saturated carbocycles. The Hall–Kier alpha value is -2.78. The van der Waals surface area contributed by atoms with E-state index < -0.39 is 0 Å². The molecule has 6 nitrogen and oxygen atoms in total. The Morgan fingerprint density at radius 3 is 2.96 bits per heavy atom. The molecule has 0 atom stereocenters. The zero-order valence-electron chi connectivity index (χ0n) is 14.0. The van der Waals surface area contributed by atoms with Crippen LogP contribution in [-0.2, 0) is 0 Å². The molecule has 1 aliphatic carbocycles. The van der Waals surface area contributed by atoms with Crippen LogP contribution in [0.5, 0.6) is 0 Å². The second-order valence-electron chi connectivity index (χ2n) is 6.67. The summed E-state index contributed by atoms with van der Waals surface area (Å²) in [7, 11) is 0. The molecule has 126 valence electrons. The molecule has 1 aromatic carbocycles. The largest absolute Gasteiger partial charge is 0.330 e. The Balaban J connectivity index is 1.55. The van der Waals surface area contributed by atoms with Gasteiger partial charge in [0, 0.05) is 11.8 Å². The molecule has 1 aliphatic rings. The minimum atomic E-state index is 0.472. The molecule has 1 fully saturated rings. The van der Waals surface area contributed by atoms with E-state index >= 15 is 0 Å². The Labute approximate surface area is 146 Å². The second-order valence-corrected chi connectivity index (χ2v) is 6.67. The van der Waals surface area contributed by atoms with E-state index in [1.807, 2.05) is 29.2 Å². The van der Waals surface area contributed by atoms with Gasteiger partial charge >= 0.3 is 0 Å². The lowest BCUT2D eigenvalue weighted by atomic mass is 9.77. The van der Waals surface area contributed by atoms with Gasteiger partial charge in [-0.05, 0) is 50.3 Å². The van der Waals surface area contributed by atoms with E-state index in [2.05, 4.69) is 21.1 Å². The Bertz CT molecular complexity index is 932. The molecule has 2 aromatic heterocycles. The molecular weight excluding hydrogens is 312 g/mol. The maximum atomic E-state index is 9.26. The van der Waals surface area contributed by atoms with E-state index in [0.717, 1.165) is 35.7 Å². The van der Waals surface area contributed by atoms with Crippen molar-refractivity contribution in [3.05, 3.63) is 42.4 Å². The van der Waals surface area contributed by atoms with E-state index in [4.69, 9.17) is 5.73 Å². The number of para-hydroxylation sites is 1. The molecule has 0 radical (unpaired) electrons. The molecule has 2 N–H and O–H groups in total. The molecule has 25 heavy (non-hydrogen) atoms. The maximum absolute atomic E-state index is 9.26. The number of benzene rings is 1. The first-order valence-corrected chi connectivity index (χ1v) is 8.69. The fraction of sp³-hybridized carbons (Fsp3) is 0.368. The van der Waals surface area contributed by atoms with Crippen LogP contribution in [0, 0.1) is 17.2 Å². The van der Waals surface area contributed by atoms with Gasteiger partial charge in [-0.15, -0.1) is 0 Å². The van der Waals surface area contributed by atoms with Crippen LogP contribution in [0.3, 0.4) is 0 Å². The predicted molar refractivity (Wildman–Crippen MR) is 95.5 cm³/mol. The highest BCUT2D eigenvalue weighted by Crippen LogP contribution is 2.40. The van der Waals surface area contributed by atoms with Crippen LogP contribution in [-0.4, -0.2) is 26.3 Å². The molecule has 0 bridgehead atoms. The number of nitrogens with two attached hydrogens (primary N) is 1. The third kappa shape index (κ3) is 2.99. The molecule has 0 unspecified atom stereocenters. The number of nitrogens with zero attached hydrogens (tertiary/aromatic N) is 5. The van der Waals surface area contributed by atoms with Gasteiger partial charge in [-0.2, -0.15) is 10.4 Å². The molecule has 6 heteroatoms. The van der Waals surface area contributed by atoms with Crippen molar-refractivity contribution in [3.63, 3.8) is 0 Å². The van der Waals surface area contributed by atoms with E-state index in [9.17, 15) is 5.26 Å². The summed E-state index contributed by atoms with van der Waals surface area (Å²) in [4.78, 5) is 9.07. The first-order valence-electron chi connectivity index (χ1n) is 8.69.